The number of carbonyl (C=O) groups excluding carboxylic acids is 1. The van der Waals surface area contributed by atoms with Crippen molar-refractivity contribution in [2.45, 2.75) is 22.4 Å². The molecule has 2 aliphatic heterocycles. The fraction of sp³-hybridized carbons (Fsp3) is 0.381. The van der Waals surface area contributed by atoms with Gasteiger partial charge in [0.15, 0.2) is 0 Å². The molecule has 0 spiro atoms. The summed E-state index contributed by atoms with van der Waals surface area (Å²) in [5.41, 5.74) is 0.954. The van der Waals surface area contributed by atoms with E-state index in [2.05, 4.69) is 4.90 Å². The van der Waals surface area contributed by atoms with Gasteiger partial charge in [-0.2, -0.15) is 13.2 Å². The van der Waals surface area contributed by atoms with Crippen LogP contribution in [-0.4, -0.2) is 55.5 Å². The lowest BCUT2D eigenvalue weighted by molar-refractivity contribution is -0.137. The monoisotopic (exact) mass is 421 g/mol. The van der Waals surface area contributed by atoms with Crippen LogP contribution in [0.3, 0.4) is 0 Å². The van der Waals surface area contributed by atoms with Crippen LogP contribution in [0, 0.1) is 0 Å². The average molecular weight is 421 g/mol. The molecule has 0 radical (unpaired) electrons. The molecule has 0 atom stereocenters. The van der Waals surface area contributed by atoms with E-state index in [0.717, 1.165) is 67.1 Å². The fourth-order valence-electron chi connectivity index (χ4n) is 3.79. The van der Waals surface area contributed by atoms with Gasteiger partial charge in [-0.15, -0.1) is 0 Å². The van der Waals surface area contributed by atoms with Gasteiger partial charge in [-0.05, 0) is 43.3 Å². The molecule has 0 aliphatic carbocycles. The third-order valence-corrected chi connectivity index (χ3v) is 6.50. The van der Waals surface area contributed by atoms with E-state index in [-0.39, 0.29) is 0 Å². The van der Waals surface area contributed by atoms with E-state index in [4.69, 9.17) is 0 Å². The number of piperazine rings is 1. The summed E-state index contributed by atoms with van der Waals surface area (Å²) in [6.07, 6.45) is -2.65. The zero-order chi connectivity index (χ0) is 20.4. The van der Waals surface area contributed by atoms with Crippen LogP contribution in [-0.2, 0) is 11.0 Å². The van der Waals surface area contributed by atoms with E-state index in [0.29, 0.717) is 12.2 Å². The van der Waals surface area contributed by atoms with Gasteiger partial charge < -0.3 is 9.80 Å². The highest BCUT2D eigenvalue weighted by Crippen LogP contribution is 2.49. The summed E-state index contributed by atoms with van der Waals surface area (Å²) in [6, 6.07) is 11.8. The van der Waals surface area contributed by atoms with Crippen molar-refractivity contribution in [3.63, 3.8) is 0 Å². The number of nitrogens with zero attached hydrogens (tertiary/aromatic N) is 3. The number of benzene rings is 2. The van der Waals surface area contributed by atoms with E-state index in [1.165, 1.54) is 17.8 Å². The van der Waals surface area contributed by atoms with Crippen molar-refractivity contribution >= 4 is 29.5 Å². The van der Waals surface area contributed by atoms with Crippen molar-refractivity contribution in [1.29, 1.82) is 0 Å². The van der Waals surface area contributed by atoms with Crippen LogP contribution < -0.4 is 4.90 Å². The normalized spacial score (nSPS) is 17.1. The van der Waals surface area contributed by atoms with E-state index >= 15 is 0 Å². The lowest BCUT2D eigenvalue weighted by atomic mass is 10.1. The molecule has 0 aromatic heterocycles. The molecule has 29 heavy (non-hydrogen) atoms. The second-order valence-electron chi connectivity index (χ2n) is 7.24. The third kappa shape index (κ3) is 4.38. The van der Waals surface area contributed by atoms with Crippen molar-refractivity contribution in [2.75, 3.05) is 44.2 Å². The number of halogens is 3. The Bertz CT molecular complexity index is 882. The number of hydrogen-bond donors (Lipinski definition) is 0. The first-order valence-corrected chi connectivity index (χ1v) is 10.4. The van der Waals surface area contributed by atoms with E-state index in [1.807, 2.05) is 29.2 Å². The summed E-state index contributed by atoms with van der Waals surface area (Å²) in [6.45, 7) is 4.61. The zero-order valence-corrected chi connectivity index (χ0v) is 16.7. The standard InChI is InChI=1S/C21H22F3N3OS/c22-21(23,24)16-6-7-20-18(14-16)27(17-4-1-2-5-19(17)29-20)9-3-8-25-10-12-26(15-28)13-11-25/h1-2,4-7,14-15H,3,8-13H2. The molecule has 0 unspecified atom stereocenters. The van der Waals surface area contributed by atoms with Gasteiger partial charge in [-0.3, -0.25) is 9.69 Å². The molecule has 2 aliphatic rings. The Kier molecular flexibility index (Phi) is 5.74. The summed E-state index contributed by atoms with van der Waals surface area (Å²) >= 11 is 1.51. The molecule has 1 amide bonds. The van der Waals surface area contributed by atoms with Gasteiger partial charge in [0.2, 0.25) is 6.41 Å². The van der Waals surface area contributed by atoms with Crippen LogP contribution in [0.2, 0.25) is 0 Å². The molecule has 2 aromatic carbocycles. The molecule has 2 aromatic rings. The number of amides is 1. The number of fused-ring (bicyclic) bond motifs is 2. The highest BCUT2D eigenvalue weighted by molar-refractivity contribution is 7.99. The summed E-state index contributed by atoms with van der Waals surface area (Å²) < 4.78 is 39.8. The van der Waals surface area contributed by atoms with Gasteiger partial charge in [-0.1, -0.05) is 23.9 Å². The molecule has 0 saturated carbocycles. The van der Waals surface area contributed by atoms with Gasteiger partial charge in [-0.25, -0.2) is 0 Å². The van der Waals surface area contributed by atoms with Gasteiger partial charge >= 0.3 is 6.18 Å². The highest BCUT2D eigenvalue weighted by atomic mass is 32.2. The molecular weight excluding hydrogens is 399 g/mol. The Morgan fingerprint density at radius 3 is 2.38 bits per heavy atom. The average Bonchev–Trinajstić information content (AvgIpc) is 2.72. The first-order chi connectivity index (χ1) is 14.0. The van der Waals surface area contributed by atoms with Gasteiger partial charge in [0.1, 0.15) is 0 Å². The largest absolute Gasteiger partial charge is 0.416 e. The number of anilines is 2. The maximum absolute atomic E-state index is 13.3. The lowest BCUT2D eigenvalue weighted by Crippen LogP contribution is -2.46. The van der Waals surface area contributed by atoms with Crippen LogP contribution >= 0.6 is 11.8 Å². The number of rotatable bonds is 5. The van der Waals surface area contributed by atoms with Gasteiger partial charge in [0.05, 0.1) is 16.9 Å². The quantitative estimate of drug-likeness (QED) is 0.666. The van der Waals surface area contributed by atoms with Crippen molar-refractivity contribution in [2.24, 2.45) is 0 Å². The molecule has 8 heteroatoms. The minimum atomic E-state index is -4.36. The van der Waals surface area contributed by atoms with E-state index in [9.17, 15) is 18.0 Å². The Labute approximate surface area is 172 Å². The second kappa shape index (κ2) is 8.28. The lowest BCUT2D eigenvalue weighted by Gasteiger charge is -2.35. The molecule has 1 saturated heterocycles. The predicted molar refractivity (Wildman–Crippen MR) is 108 cm³/mol. The Morgan fingerprint density at radius 2 is 1.66 bits per heavy atom. The van der Waals surface area contributed by atoms with Crippen LogP contribution in [0.15, 0.2) is 52.3 Å². The fourth-order valence-corrected chi connectivity index (χ4v) is 4.87. The van der Waals surface area contributed by atoms with E-state index < -0.39 is 11.7 Å². The van der Waals surface area contributed by atoms with Crippen LogP contribution in [0.4, 0.5) is 24.5 Å². The number of para-hydroxylation sites is 1. The first kappa shape index (κ1) is 20.1. The topological polar surface area (TPSA) is 26.8 Å². The molecule has 154 valence electrons. The Morgan fingerprint density at radius 1 is 0.931 bits per heavy atom. The summed E-state index contributed by atoms with van der Waals surface area (Å²) in [7, 11) is 0. The van der Waals surface area contributed by atoms with Crippen LogP contribution in [0.25, 0.3) is 0 Å². The minimum Gasteiger partial charge on any atom is -0.343 e. The summed E-state index contributed by atoms with van der Waals surface area (Å²) in [5.74, 6) is 0. The van der Waals surface area contributed by atoms with Crippen molar-refractivity contribution < 1.29 is 18.0 Å². The van der Waals surface area contributed by atoms with Gasteiger partial charge in [0, 0.05) is 42.5 Å². The van der Waals surface area contributed by atoms with Crippen molar-refractivity contribution in [1.82, 2.24) is 9.80 Å². The molecule has 4 nitrogen and oxygen atoms in total. The molecule has 1 fully saturated rings. The van der Waals surface area contributed by atoms with Gasteiger partial charge in [0.25, 0.3) is 0 Å². The third-order valence-electron chi connectivity index (χ3n) is 5.37. The van der Waals surface area contributed by atoms with Crippen LogP contribution in [0.5, 0.6) is 0 Å². The molecule has 4 rings (SSSR count). The predicted octanol–water partition coefficient (Wildman–Crippen LogP) is 4.47. The molecule has 0 bridgehead atoms. The van der Waals surface area contributed by atoms with Crippen LogP contribution in [0.1, 0.15) is 12.0 Å². The number of alkyl halides is 3. The summed E-state index contributed by atoms with van der Waals surface area (Å²) in [4.78, 5) is 18.8. The van der Waals surface area contributed by atoms with E-state index in [1.54, 1.807) is 11.0 Å². The van der Waals surface area contributed by atoms with Crippen molar-refractivity contribution in [3.05, 3.63) is 48.0 Å². The number of carbonyl (C=O) groups is 1. The zero-order valence-electron chi connectivity index (χ0n) is 15.9. The minimum absolute atomic E-state index is 0.619. The molecule has 2 heterocycles. The SMILES string of the molecule is O=CN1CCN(CCCN2c3ccccc3Sc3ccc(C(F)(F)F)cc32)CC1. The smallest absolute Gasteiger partial charge is 0.343 e. The van der Waals surface area contributed by atoms with Crippen molar-refractivity contribution in [3.8, 4) is 0 Å². The number of hydrogen-bond acceptors (Lipinski definition) is 4. The molecule has 0 N–H and O–H groups in total. The summed E-state index contributed by atoms with van der Waals surface area (Å²) in [5, 5.41) is 0. The maximum atomic E-state index is 13.3. The molecular formula is C21H22F3N3OS. The Balaban J connectivity index is 1.52. The first-order valence-electron chi connectivity index (χ1n) is 9.63. The Hall–Kier alpha value is -2.19. The highest BCUT2D eigenvalue weighted by Gasteiger charge is 2.33. The second-order valence-corrected chi connectivity index (χ2v) is 8.32. The maximum Gasteiger partial charge on any atom is 0.416 e.